The molecule has 0 radical (unpaired) electrons. The van der Waals surface area contributed by atoms with E-state index in [2.05, 4.69) is 56.3 Å². The number of rotatable bonds is 6. The van der Waals surface area contributed by atoms with Gasteiger partial charge in [0, 0.05) is 79.9 Å². The van der Waals surface area contributed by atoms with Crippen molar-refractivity contribution in [3.05, 3.63) is 52.3 Å². The standard InChI is InChI=1S/C34H43N7O2/c1-21(37-43-34(2,3)4)22-8-11-28-24(18-22)30-25-19-35-33(42)31(25)29-23(9-10-27-26(29)20-39(6)36-27)32(30)41(28)13-7-12-40-16-14-38(5)15-17-40/h8,11,18,20H,7,9-10,12-17,19H2,1-6H3,(H,35,42)/b37-21+. The molecule has 4 heterocycles. The highest BCUT2D eigenvalue weighted by Gasteiger charge is 2.35. The molecule has 2 aliphatic heterocycles. The van der Waals surface area contributed by atoms with Crippen molar-refractivity contribution in [3.63, 3.8) is 0 Å². The molecule has 0 saturated carbocycles. The minimum Gasteiger partial charge on any atom is -0.390 e. The number of aromatic nitrogens is 3. The summed E-state index contributed by atoms with van der Waals surface area (Å²) >= 11 is 0. The van der Waals surface area contributed by atoms with Gasteiger partial charge in [0.2, 0.25) is 0 Å². The van der Waals surface area contributed by atoms with E-state index in [1.54, 1.807) is 0 Å². The van der Waals surface area contributed by atoms with Gasteiger partial charge in [0.15, 0.2) is 0 Å². The van der Waals surface area contributed by atoms with Crippen LogP contribution in [-0.2, 0) is 37.8 Å². The zero-order valence-electron chi connectivity index (χ0n) is 26.4. The van der Waals surface area contributed by atoms with Crippen LogP contribution < -0.4 is 5.32 Å². The smallest absolute Gasteiger partial charge is 0.252 e. The lowest BCUT2D eigenvalue weighted by Gasteiger charge is -2.32. The largest absolute Gasteiger partial charge is 0.390 e. The summed E-state index contributed by atoms with van der Waals surface area (Å²) in [7, 11) is 4.18. The van der Waals surface area contributed by atoms with Gasteiger partial charge in [-0.05, 0) is 89.4 Å². The average molecular weight is 582 g/mol. The molecule has 7 rings (SSSR count). The first kappa shape index (κ1) is 28.1. The number of hydrogen-bond acceptors (Lipinski definition) is 6. The molecule has 226 valence electrons. The van der Waals surface area contributed by atoms with E-state index in [1.165, 1.54) is 27.4 Å². The van der Waals surface area contributed by atoms with Crippen LogP contribution in [0.2, 0.25) is 0 Å². The Kier molecular flexibility index (Phi) is 6.85. The lowest BCUT2D eigenvalue weighted by molar-refractivity contribution is 0.000953. The fourth-order valence-electron chi connectivity index (χ4n) is 7.15. The highest BCUT2D eigenvalue weighted by Crippen LogP contribution is 2.47. The normalized spacial score (nSPS) is 17.8. The van der Waals surface area contributed by atoms with Gasteiger partial charge in [-0.2, -0.15) is 5.10 Å². The number of fused-ring (bicyclic) bond motifs is 10. The van der Waals surface area contributed by atoms with Crippen LogP contribution in [0.25, 0.3) is 32.9 Å². The number of benzene rings is 2. The van der Waals surface area contributed by atoms with E-state index in [0.717, 1.165) is 97.8 Å². The molecule has 0 atom stereocenters. The second-order valence-corrected chi connectivity index (χ2v) is 13.5. The van der Waals surface area contributed by atoms with Crippen molar-refractivity contribution in [3.8, 4) is 11.1 Å². The number of carbonyl (C=O) groups is 1. The molecule has 1 N–H and O–H groups in total. The number of hydrogen-bond donors (Lipinski definition) is 1. The Labute approximate surface area is 253 Å². The van der Waals surface area contributed by atoms with Crippen LogP contribution >= 0.6 is 0 Å². The number of nitrogens with zero attached hydrogens (tertiary/aromatic N) is 6. The molecule has 0 spiro atoms. The molecule has 1 fully saturated rings. The van der Waals surface area contributed by atoms with Crippen molar-refractivity contribution in [2.24, 2.45) is 12.2 Å². The zero-order valence-corrected chi connectivity index (χ0v) is 26.4. The van der Waals surface area contributed by atoms with Crippen LogP contribution in [0.3, 0.4) is 0 Å². The number of aryl methyl sites for hydroxylation is 4. The molecule has 0 unspecified atom stereocenters. The topological polar surface area (TPSA) is 79.9 Å². The van der Waals surface area contributed by atoms with Gasteiger partial charge in [0.25, 0.3) is 5.91 Å². The predicted octanol–water partition coefficient (Wildman–Crippen LogP) is 4.71. The number of carbonyl (C=O) groups excluding carboxylic acids is 1. The van der Waals surface area contributed by atoms with Gasteiger partial charge in [-0.15, -0.1) is 0 Å². The van der Waals surface area contributed by atoms with Gasteiger partial charge < -0.3 is 24.5 Å². The Hall–Kier alpha value is -3.69. The molecule has 1 saturated heterocycles. The Morgan fingerprint density at radius 1 is 1.05 bits per heavy atom. The third-order valence-electron chi connectivity index (χ3n) is 9.27. The van der Waals surface area contributed by atoms with Gasteiger partial charge in [-0.1, -0.05) is 11.2 Å². The van der Waals surface area contributed by atoms with Gasteiger partial charge in [0.05, 0.1) is 22.5 Å². The molecule has 2 aromatic heterocycles. The first-order valence-corrected chi connectivity index (χ1v) is 15.7. The highest BCUT2D eigenvalue weighted by molar-refractivity contribution is 6.20. The summed E-state index contributed by atoms with van der Waals surface area (Å²) in [5.74, 6) is 0.0216. The second-order valence-electron chi connectivity index (χ2n) is 13.5. The molecular formula is C34H43N7O2. The molecular weight excluding hydrogens is 538 g/mol. The second kappa shape index (κ2) is 10.5. The van der Waals surface area contributed by atoms with Crippen molar-refractivity contribution in [1.82, 2.24) is 29.5 Å². The van der Waals surface area contributed by atoms with E-state index in [0.29, 0.717) is 6.54 Å². The lowest BCUT2D eigenvalue weighted by atomic mass is 9.82. The summed E-state index contributed by atoms with van der Waals surface area (Å²) in [4.78, 5) is 24.3. The minimum absolute atomic E-state index is 0.0216. The van der Waals surface area contributed by atoms with Crippen molar-refractivity contribution < 1.29 is 9.63 Å². The van der Waals surface area contributed by atoms with Gasteiger partial charge in [0.1, 0.15) is 5.60 Å². The summed E-state index contributed by atoms with van der Waals surface area (Å²) < 4.78 is 4.44. The van der Waals surface area contributed by atoms with Crippen LogP contribution in [-0.4, -0.2) is 81.1 Å². The Bertz CT molecular complexity index is 1780. The molecule has 43 heavy (non-hydrogen) atoms. The fraction of sp³-hybridized carbons (Fsp3) is 0.500. The van der Waals surface area contributed by atoms with Crippen LogP contribution in [0.1, 0.15) is 66.9 Å². The quantitative estimate of drug-likeness (QED) is 0.264. The molecule has 1 aliphatic carbocycles. The lowest BCUT2D eigenvalue weighted by Crippen LogP contribution is -2.44. The Morgan fingerprint density at radius 2 is 1.84 bits per heavy atom. The average Bonchev–Trinajstić information content (AvgIpc) is 3.64. The highest BCUT2D eigenvalue weighted by atomic mass is 16.6. The zero-order chi connectivity index (χ0) is 30.0. The number of amides is 1. The van der Waals surface area contributed by atoms with Crippen LogP contribution in [0.5, 0.6) is 0 Å². The molecule has 9 heteroatoms. The first-order valence-electron chi connectivity index (χ1n) is 15.7. The van der Waals surface area contributed by atoms with E-state index in [9.17, 15) is 4.79 Å². The number of nitrogens with one attached hydrogen (secondary N) is 1. The van der Waals surface area contributed by atoms with E-state index >= 15 is 0 Å². The predicted molar refractivity (Wildman–Crippen MR) is 172 cm³/mol. The van der Waals surface area contributed by atoms with Crippen molar-refractivity contribution in [1.29, 1.82) is 0 Å². The summed E-state index contributed by atoms with van der Waals surface area (Å²) in [6, 6.07) is 6.67. The summed E-state index contributed by atoms with van der Waals surface area (Å²) in [5, 5.41) is 14.8. The maximum atomic E-state index is 13.5. The molecule has 0 bridgehead atoms. The third kappa shape index (κ3) is 4.92. The fourth-order valence-corrected chi connectivity index (χ4v) is 7.15. The van der Waals surface area contributed by atoms with Crippen LogP contribution in [0.4, 0.5) is 0 Å². The van der Waals surface area contributed by atoms with Crippen LogP contribution in [0.15, 0.2) is 29.6 Å². The molecule has 3 aliphatic rings. The molecule has 1 amide bonds. The number of oxime groups is 1. The van der Waals surface area contributed by atoms with Crippen molar-refractivity contribution in [2.75, 3.05) is 39.8 Å². The van der Waals surface area contributed by atoms with Crippen LogP contribution in [0, 0.1) is 0 Å². The maximum absolute atomic E-state index is 13.5. The maximum Gasteiger partial charge on any atom is 0.252 e. The molecule has 4 aromatic rings. The summed E-state index contributed by atoms with van der Waals surface area (Å²) in [5.41, 5.74) is 10.5. The van der Waals surface area contributed by atoms with E-state index in [4.69, 9.17) is 9.94 Å². The van der Waals surface area contributed by atoms with Crippen molar-refractivity contribution in [2.45, 2.75) is 65.6 Å². The van der Waals surface area contributed by atoms with Crippen molar-refractivity contribution >= 4 is 33.4 Å². The Balaban J connectivity index is 1.41. The number of piperazine rings is 1. The molecule has 9 nitrogen and oxygen atoms in total. The molecule has 2 aromatic carbocycles. The third-order valence-corrected chi connectivity index (χ3v) is 9.27. The number of likely N-dealkylation sites (N-methyl/N-ethyl adjacent to an activating group) is 1. The van der Waals surface area contributed by atoms with E-state index in [-0.39, 0.29) is 11.5 Å². The van der Waals surface area contributed by atoms with E-state index < -0.39 is 0 Å². The monoisotopic (exact) mass is 581 g/mol. The SMILES string of the molecule is C/C(=N\OC(C)(C)C)c1ccc2c(c1)c1c3c(c4c(c1n2CCCN1CCN(C)CC1)CCc1nn(C)cc1-4)C(=O)NC3. The first-order chi connectivity index (χ1) is 20.6. The minimum atomic E-state index is -0.359. The Morgan fingerprint density at radius 3 is 2.60 bits per heavy atom. The van der Waals surface area contributed by atoms with Gasteiger partial charge >= 0.3 is 0 Å². The summed E-state index contributed by atoms with van der Waals surface area (Å²) in [6.45, 7) is 15.1. The van der Waals surface area contributed by atoms with Gasteiger partial charge in [-0.25, -0.2) is 0 Å². The van der Waals surface area contributed by atoms with Gasteiger partial charge in [-0.3, -0.25) is 9.48 Å². The summed E-state index contributed by atoms with van der Waals surface area (Å²) in [6.07, 6.45) is 4.92. The van der Waals surface area contributed by atoms with E-state index in [1.807, 2.05) is 39.4 Å².